The van der Waals surface area contributed by atoms with E-state index in [0.29, 0.717) is 16.5 Å². The van der Waals surface area contributed by atoms with Crippen LogP contribution in [0, 0.1) is 0 Å². The minimum Gasteiger partial charge on any atom is -0.455 e. The first-order valence-electron chi connectivity index (χ1n) is 8.51. The fourth-order valence-corrected chi connectivity index (χ4v) is 2.75. The van der Waals surface area contributed by atoms with Crippen molar-refractivity contribution in [1.82, 2.24) is 15.5 Å². The number of amides is 1. The lowest BCUT2D eigenvalue weighted by Crippen LogP contribution is -2.31. The molecule has 2 N–H and O–H groups in total. The molecule has 0 radical (unpaired) electrons. The van der Waals surface area contributed by atoms with Gasteiger partial charge in [0.1, 0.15) is 0 Å². The van der Waals surface area contributed by atoms with Gasteiger partial charge >= 0.3 is 5.97 Å². The fourth-order valence-electron chi connectivity index (χ4n) is 2.75. The van der Waals surface area contributed by atoms with E-state index in [1.165, 1.54) is 0 Å². The maximum Gasteiger partial charge on any atom is 0.312 e. The zero-order chi connectivity index (χ0) is 19.2. The van der Waals surface area contributed by atoms with Crippen molar-refractivity contribution >= 4 is 22.6 Å². The van der Waals surface area contributed by atoms with Crippen molar-refractivity contribution in [2.24, 2.45) is 0 Å². The Balaban J connectivity index is 1.57. The highest BCUT2D eigenvalue weighted by molar-refractivity contribution is 5.87. The Kier molecular flexibility index (Phi) is 5.61. The minimum absolute atomic E-state index is 0.140. The van der Waals surface area contributed by atoms with Crippen molar-refractivity contribution in [2.45, 2.75) is 19.4 Å². The monoisotopic (exact) mass is 365 g/mol. The molecule has 0 bridgehead atoms. The maximum atomic E-state index is 12.1. The molecular formula is C20H19N3O4. The summed E-state index contributed by atoms with van der Waals surface area (Å²) < 4.78 is 5.04. The molecule has 0 aliphatic heterocycles. The summed E-state index contributed by atoms with van der Waals surface area (Å²) in [7, 11) is 0. The number of esters is 1. The van der Waals surface area contributed by atoms with Crippen LogP contribution in [0.5, 0.6) is 0 Å². The number of fused-ring (bicyclic) bond motifs is 1. The number of rotatable bonds is 6. The van der Waals surface area contributed by atoms with E-state index >= 15 is 0 Å². The summed E-state index contributed by atoms with van der Waals surface area (Å²) in [6.07, 6.45) is -0.140. The number of carbonyl (C=O) groups is 2. The van der Waals surface area contributed by atoms with Gasteiger partial charge in [-0.1, -0.05) is 48.5 Å². The molecule has 0 aliphatic rings. The molecule has 3 rings (SSSR count). The van der Waals surface area contributed by atoms with Crippen molar-refractivity contribution < 1.29 is 14.3 Å². The molecule has 2 aromatic carbocycles. The third kappa shape index (κ3) is 4.58. The zero-order valence-corrected chi connectivity index (χ0v) is 14.8. The molecule has 0 saturated heterocycles. The summed E-state index contributed by atoms with van der Waals surface area (Å²) in [5.41, 5.74) is 1.03. The predicted octanol–water partition coefficient (Wildman–Crippen LogP) is 1.89. The molecule has 0 fully saturated rings. The van der Waals surface area contributed by atoms with Crippen LogP contribution in [0.2, 0.25) is 0 Å². The van der Waals surface area contributed by atoms with Crippen LogP contribution in [0.3, 0.4) is 0 Å². The second kappa shape index (κ2) is 8.27. The quantitative estimate of drug-likeness (QED) is 0.650. The highest BCUT2D eigenvalue weighted by Gasteiger charge is 2.14. The summed E-state index contributed by atoms with van der Waals surface area (Å²) in [5.74, 6) is -0.985. The number of hydrogen-bond donors (Lipinski definition) is 2. The van der Waals surface area contributed by atoms with Gasteiger partial charge in [0.05, 0.1) is 23.5 Å². The van der Waals surface area contributed by atoms with Crippen LogP contribution in [0.25, 0.3) is 10.8 Å². The van der Waals surface area contributed by atoms with Crippen molar-refractivity contribution in [3.63, 3.8) is 0 Å². The lowest BCUT2D eigenvalue weighted by Gasteiger charge is -2.14. The van der Waals surface area contributed by atoms with Crippen molar-refractivity contribution in [3.05, 3.63) is 76.2 Å². The number of H-pyrrole nitrogens is 1. The van der Waals surface area contributed by atoms with Gasteiger partial charge in [-0.15, -0.1) is 0 Å². The van der Waals surface area contributed by atoms with Gasteiger partial charge in [0.25, 0.3) is 11.5 Å². The molecule has 7 heteroatoms. The van der Waals surface area contributed by atoms with Crippen LogP contribution < -0.4 is 10.9 Å². The van der Waals surface area contributed by atoms with E-state index in [1.54, 1.807) is 24.3 Å². The third-order valence-electron chi connectivity index (χ3n) is 4.13. The first-order chi connectivity index (χ1) is 13.0. The van der Waals surface area contributed by atoms with Gasteiger partial charge < -0.3 is 10.1 Å². The summed E-state index contributed by atoms with van der Waals surface area (Å²) in [6, 6.07) is 16.2. The second-order valence-electron chi connectivity index (χ2n) is 6.08. The smallest absolute Gasteiger partial charge is 0.312 e. The first-order valence-corrected chi connectivity index (χ1v) is 8.51. The Hall–Kier alpha value is -3.48. The molecule has 0 unspecified atom stereocenters. The average Bonchev–Trinajstić information content (AvgIpc) is 2.69. The first kappa shape index (κ1) is 18.3. The molecule has 1 amide bonds. The van der Waals surface area contributed by atoms with Gasteiger partial charge in [-0.3, -0.25) is 14.4 Å². The summed E-state index contributed by atoms with van der Waals surface area (Å²) in [5, 5.41) is 10.1. The van der Waals surface area contributed by atoms with E-state index in [9.17, 15) is 14.4 Å². The largest absolute Gasteiger partial charge is 0.455 e. The highest BCUT2D eigenvalue weighted by Crippen LogP contribution is 2.13. The van der Waals surface area contributed by atoms with Gasteiger partial charge in [-0.25, -0.2) is 5.10 Å². The minimum atomic E-state index is -0.595. The van der Waals surface area contributed by atoms with Crippen molar-refractivity contribution in [2.75, 3.05) is 6.61 Å². The molecule has 27 heavy (non-hydrogen) atoms. The van der Waals surface area contributed by atoms with Gasteiger partial charge in [-0.05, 0) is 18.6 Å². The molecule has 1 aromatic heterocycles. The number of carbonyl (C=O) groups excluding carboxylic acids is 2. The number of benzene rings is 2. The van der Waals surface area contributed by atoms with Crippen molar-refractivity contribution in [1.29, 1.82) is 0 Å². The maximum absolute atomic E-state index is 12.1. The number of hydrogen-bond acceptors (Lipinski definition) is 5. The number of nitrogens with one attached hydrogen (secondary N) is 2. The van der Waals surface area contributed by atoms with E-state index in [2.05, 4.69) is 15.5 Å². The van der Waals surface area contributed by atoms with Crippen LogP contribution in [0.15, 0.2) is 59.4 Å². The Morgan fingerprint density at radius 1 is 1.07 bits per heavy atom. The summed E-state index contributed by atoms with van der Waals surface area (Å²) in [4.78, 5) is 35.8. The van der Waals surface area contributed by atoms with Crippen LogP contribution in [-0.4, -0.2) is 28.7 Å². The van der Waals surface area contributed by atoms with Crippen LogP contribution >= 0.6 is 0 Å². The van der Waals surface area contributed by atoms with Gasteiger partial charge in [-0.2, -0.15) is 5.10 Å². The molecule has 0 saturated carbocycles. The summed E-state index contributed by atoms with van der Waals surface area (Å²) >= 11 is 0. The molecule has 3 aromatic rings. The lowest BCUT2D eigenvalue weighted by molar-refractivity contribution is -0.148. The second-order valence-corrected chi connectivity index (χ2v) is 6.08. The lowest BCUT2D eigenvalue weighted by atomic mass is 10.1. The molecule has 138 valence electrons. The average molecular weight is 365 g/mol. The van der Waals surface area contributed by atoms with E-state index in [1.807, 2.05) is 37.3 Å². The number of nitrogens with zero attached hydrogens (tertiary/aromatic N) is 1. The molecule has 0 spiro atoms. The van der Waals surface area contributed by atoms with Gasteiger partial charge in [0, 0.05) is 5.39 Å². The van der Waals surface area contributed by atoms with E-state index < -0.39 is 5.97 Å². The molecule has 0 aliphatic carbocycles. The van der Waals surface area contributed by atoms with Crippen LogP contribution in [-0.2, 0) is 20.7 Å². The zero-order valence-electron chi connectivity index (χ0n) is 14.8. The Labute approximate surface area is 155 Å². The Morgan fingerprint density at radius 2 is 1.74 bits per heavy atom. The van der Waals surface area contributed by atoms with Gasteiger partial charge in [0.2, 0.25) is 0 Å². The molecule has 1 atom stereocenters. The highest BCUT2D eigenvalue weighted by atomic mass is 16.5. The standard InChI is InChI=1S/C20H19N3O4/c1-13(14-7-3-2-4-8-14)21-18(24)12-27-19(25)11-17-15-9-5-6-10-16(15)20(26)23-22-17/h2-10,13H,11-12H2,1H3,(H,21,24)(H,23,26)/t13-/m1/s1. The summed E-state index contributed by atoms with van der Waals surface area (Å²) in [6.45, 7) is 1.47. The van der Waals surface area contributed by atoms with Crippen LogP contribution in [0.1, 0.15) is 24.2 Å². The normalized spacial score (nSPS) is 11.7. The Bertz CT molecular complexity index is 1010. The van der Waals surface area contributed by atoms with Crippen LogP contribution in [0.4, 0.5) is 0 Å². The SMILES string of the molecule is C[C@@H](NC(=O)COC(=O)Cc1n[nH]c(=O)c2ccccc12)c1ccccc1. The van der Waals surface area contributed by atoms with E-state index in [4.69, 9.17) is 4.74 Å². The Morgan fingerprint density at radius 3 is 2.48 bits per heavy atom. The number of aromatic amines is 1. The van der Waals surface area contributed by atoms with Gasteiger partial charge in [0.15, 0.2) is 6.61 Å². The molecular weight excluding hydrogens is 346 g/mol. The topological polar surface area (TPSA) is 101 Å². The number of ether oxygens (including phenoxy) is 1. The third-order valence-corrected chi connectivity index (χ3v) is 4.13. The van der Waals surface area contributed by atoms with E-state index in [0.717, 1.165) is 5.56 Å². The molecule has 1 heterocycles. The number of aromatic nitrogens is 2. The van der Waals surface area contributed by atoms with Crippen molar-refractivity contribution in [3.8, 4) is 0 Å². The molecule has 7 nitrogen and oxygen atoms in total. The predicted molar refractivity (Wildman–Crippen MR) is 100 cm³/mol. The fraction of sp³-hybridized carbons (Fsp3) is 0.200. The van der Waals surface area contributed by atoms with E-state index in [-0.39, 0.29) is 30.5 Å².